The molecular formula is C10H16N2O3S2. The van der Waals surface area contributed by atoms with Crippen molar-refractivity contribution >= 4 is 32.1 Å². The van der Waals surface area contributed by atoms with Crippen LogP contribution in [0.25, 0.3) is 0 Å². The third-order valence-electron chi connectivity index (χ3n) is 2.33. The average molecular weight is 276 g/mol. The number of carbonyl (C=O) groups is 1. The Kier molecular flexibility index (Phi) is 4.64. The lowest BCUT2D eigenvalue weighted by atomic mass is 10.2. The molecule has 0 atom stereocenters. The predicted octanol–water partition coefficient (Wildman–Crippen LogP) is 1.05. The van der Waals surface area contributed by atoms with E-state index < -0.39 is 15.1 Å². The molecule has 0 saturated heterocycles. The fraction of sp³-hybridized carbons (Fsp3) is 0.600. The first-order valence-electron chi connectivity index (χ1n) is 5.24. The van der Waals surface area contributed by atoms with Gasteiger partial charge in [0.2, 0.25) is 0 Å². The first kappa shape index (κ1) is 14.1. The van der Waals surface area contributed by atoms with Gasteiger partial charge in [0, 0.05) is 18.2 Å². The number of carbonyl (C=O) groups excluding carboxylic acids is 1. The summed E-state index contributed by atoms with van der Waals surface area (Å²) in [5, 5.41) is 1.69. The van der Waals surface area contributed by atoms with Gasteiger partial charge < -0.3 is 5.73 Å². The largest absolute Gasteiger partial charge is 0.375 e. The number of hydrogen-bond donors (Lipinski definition) is 1. The van der Waals surface area contributed by atoms with Gasteiger partial charge in [0.1, 0.15) is 5.78 Å². The van der Waals surface area contributed by atoms with Crippen molar-refractivity contribution in [3.8, 4) is 0 Å². The second-order valence-electron chi connectivity index (χ2n) is 4.06. The number of anilines is 1. The van der Waals surface area contributed by atoms with Crippen LogP contribution in [-0.2, 0) is 21.1 Å². The zero-order chi connectivity index (χ0) is 13.1. The summed E-state index contributed by atoms with van der Waals surface area (Å²) in [4.78, 5) is 15.5. The Labute approximate surface area is 105 Å². The summed E-state index contributed by atoms with van der Waals surface area (Å²) in [5.41, 5.74) is 6.05. The van der Waals surface area contributed by atoms with Crippen LogP contribution >= 0.6 is 11.3 Å². The molecular weight excluding hydrogens is 260 g/mol. The van der Waals surface area contributed by atoms with Gasteiger partial charge in [-0.3, -0.25) is 4.79 Å². The third kappa shape index (κ3) is 4.43. The molecule has 0 saturated carbocycles. The molecule has 96 valence electrons. The highest BCUT2D eigenvalue weighted by Crippen LogP contribution is 2.12. The summed E-state index contributed by atoms with van der Waals surface area (Å²) in [6, 6.07) is 0. The number of nitrogen functional groups attached to an aromatic ring is 1. The molecule has 17 heavy (non-hydrogen) atoms. The van der Waals surface area contributed by atoms with Crippen LogP contribution in [0.2, 0.25) is 0 Å². The summed E-state index contributed by atoms with van der Waals surface area (Å²) in [6.45, 7) is 3.22. The second kappa shape index (κ2) is 5.59. The van der Waals surface area contributed by atoms with Gasteiger partial charge in [-0.25, -0.2) is 13.4 Å². The number of nitrogens with zero attached hydrogens (tertiary/aromatic N) is 1. The smallest absolute Gasteiger partial charge is 0.180 e. The van der Waals surface area contributed by atoms with Crippen molar-refractivity contribution in [2.24, 2.45) is 0 Å². The Morgan fingerprint density at radius 2 is 2.18 bits per heavy atom. The molecule has 0 radical (unpaired) electrons. The van der Waals surface area contributed by atoms with Crippen molar-refractivity contribution in [1.29, 1.82) is 0 Å². The zero-order valence-electron chi connectivity index (χ0n) is 9.84. The number of hydrogen-bond acceptors (Lipinski definition) is 6. The second-order valence-corrected chi connectivity index (χ2v) is 7.62. The van der Waals surface area contributed by atoms with E-state index in [0.717, 1.165) is 0 Å². The molecule has 0 bridgehead atoms. The number of sulfone groups is 1. The van der Waals surface area contributed by atoms with Gasteiger partial charge >= 0.3 is 0 Å². The van der Waals surface area contributed by atoms with Gasteiger partial charge in [-0.2, -0.15) is 0 Å². The van der Waals surface area contributed by atoms with Crippen molar-refractivity contribution in [2.45, 2.75) is 31.9 Å². The summed E-state index contributed by atoms with van der Waals surface area (Å²) in [6.07, 6.45) is 0.194. The minimum Gasteiger partial charge on any atom is -0.375 e. The van der Waals surface area contributed by atoms with Crippen molar-refractivity contribution in [1.82, 2.24) is 4.98 Å². The van der Waals surface area contributed by atoms with Gasteiger partial charge in [-0.05, 0) is 13.8 Å². The monoisotopic (exact) mass is 276 g/mol. The maximum atomic E-state index is 11.6. The van der Waals surface area contributed by atoms with Crippen LogP contribution in [0.15, 0.2) is 5.38 Å². The molecule has 5 nitrogen and oxygen atoms in total. The molecule has 0 spiro atoms. The van der Waals surface area contributed by atoms with Crippen molar-refractivity contribution in [3.05, 3.63) is 11.1 Å². The maximum absolute atomic E-state index is 11.6. The molecule has 0 unspecified atom stereocenters. The quantitative estimate of drug-likeness (QED) is 0.838. The Balaban J connectivity index is 2.46. The number of thiazole rings is 1. The Morgan fingerprint density at radius 1 is 1.53 bits per heavy atom. The highest BCUT2D eigenvalue weighted by molar-refractivity contribution is 7.91. The van der Waals surface area contributed by atoms with Crippen molar-refractivity contribution < 1.29 is 13.2 Å². The fourth-order valence-electron chi connectivity index (χ4n) is 1.19. The highest BCUT2D eigenvalue weighted by atomic mass is 32.2. The van der Waals surface area contributed by atoms with Crippen LogP contribution < -0.4 is 5.73 Å². The molecule has 0 aliphatic rings. The first-order chi connectivity index (χ1) is 7.81. The van der Waals surface area contributed by atoms with E-state index in [1.807, 2.05) is 0 Å². The van der Waals surface area contributed by atoms with Crippen LogP contribution in [0.3, 0.4) is 0 Å². The standard InChI is InChI=1S/C10H16N2O3S2/c1-7(2)17(14,15)4-3-9(13)5-8-6-16-10(11)12-8/h6-7H,3-5H2,1-2H3,(H2,11,12). The Bertz CT molecular complexity index is 491. The molecule has 0 aromatic carbocycles. The van der Waals surface area contributed by atoms with E-state index in [4.69, 9.17) is 5.73 Å². The number of rotatable bonds is 6. The molecule has 2 N–H and O–H groups in total. The summed E-state index contributed by atoms with van der Waals surface area (Å²) >= 11 is 1.27. The summed E-state index contributed by atoms with van der Waals surface area (Å²) in [5.74, 6) is -0.220. The molecule has 0 fully saturated rings. The van der Waals surface area contributed by atoms with E-state index in [9.17, 15) is 13.2 Å². The molecule has 7 heteroatoms. The average Bonchev–Trinajstić information content (AvgIpc) is 2.61. The Morgan fingerprint density at radius 3 is 2.65 bits per heavy atom. The summed E-state index contributed by atoms with van der Waals surface area (Å²) < 4.78 is 23.0. The predicted molar refractivity (Wildman–Crippen MR) is 68.8 cm³/mol. The number of aromatic nitrogens is 1. The van der Waals surface area contributed by atoms with Crippen LogP contribution in [0, 0.1) is 0 Å². The van der Waals surface area contributed by atoms with Gasteiger partial charge in [0.05, 0.1) is 16.7 Å². The maximum Gasteiger partial charge on any atom is 0.180 e. The van der Waals surface area contributed by atoms with Crippen molar-refractivity contribution in [2.75, 3.05) is 11.5 Å². The number of ketones is 1. The lowest BCUT2D eigenvalue weighted by Gasteiger charge is -2.06. The Hall–Kier alpha value is -0.950. The number of Topliss-reactive ketones (excluding diaryl/α,β-unsaturated/α-hetero) is 1. The van der Waals surface area contributed by atoms with E-state index in [1.165, 1.54) is 11.3 Å². The van der Waals surface area contributed by atoms with Crippen LogP contribution in [-0.4, -0.2) is 30.2 Å². The minimum atomic E-state index is -3.14. The van der Waals surface area contributed by atoms with Gasteiger partial charge in [-0.1, -0.05) is 0 Å². The van der Waals surface area contributed by atoms with Crippen LogP contribution in [0.1, 0.15) is 26.0 Å². The van der Waals surface area contributed by atoms with E-state index >= 15 is 0 Å². The lowest BCUT2D eigenvalue weighted by Crippen LogP contribution is -2.20. The van der Waals surface area contributed by atoms with E-state index in [0.29, 0.717) is 10.8 Å². The minimum absolute atomic E-state index is 0.0396. The molecule has 1 heterocycles. The topological polar surface area (TPSA) is 90.1 Å². The van der Waals surface area contributed by atoms with E-state index in [-0.39, 0.29) is 24.4 Å². The van der Waals surface area contributed by atoms with E-state index in [2.05, 4.69) is 4.98 Å². The molecule has 1 rings (SSSR count). The molecule has 0 aliphatic heterocycles. The first-order valence-corrected chi connectivity index (χ1v) is 7.84. The lowest BCUT2D eigenvalue weighted by molar-refractivity contribution is -0.118. The molecule has 0 aliphatic carbocycles. The van der Waals surface area contributed by atoms with Crippen LogP contribution in [0.5, 0.6) is 0 Å². The van der Waals surface area contributed by atoms with E-state index in [1.54, 1.807) is 19.2 Å². The summed E-state index contributed by atoms with van der Waals surface area (Å²) in [7, 11) is -3.14. The fourth-order valence-corrected chi connectivity index (χ4v) is 2.73. The molecule has 1 aromatic heterocycles. The normalized spacial score (nSPS) is 11.9. The third-order valence-corrected chi connectivity index (χ3v) is 5.26. The van der Waals surface area contributed by atoms with Crippen molar-refractivity contribution in [3.63, 3.8) is 0 Å². The SMILES string of the molecule is CC(C)S(=O)(=O)CCC(=O)Cc1csc(N)n1. The molecule has 1 aromatic rings. The van der Waals surface area contributed by atoms with Crippen LogP contribution in [0.4, 0.5) is 5.13 Å². The van der Waals surface area contributed by atoms with Gasteiger partial charge in [0.25, 0.3) is 0 Å². The van der Waals surface area contributed by atoms with Gasteiger partial charge in [-0.15, -0.1) is 11.3 Å². The number of nitrogens with two attached hydrogens (primary N) is 1. The zero-order valence-corrected chi connectivity index (χ0v) is 11.5. The van der Waals surface area contributed by atoms with Gasteiger partial charge in [0.15, 0.2) is 15.0 Å². The molecule has 0 amide bonds. The highest BCUT2D eigenvalue weighted by Gasteiger charge is 2.18.